The van der Waals surface area contributed by atoms with Crippen molar-refractivity contribution in [3.8, 4) is 0 Å². The fourth-order valence-electron chi connectivity index (χ4n) is 2.27. The normalized spacial score (nSPS) is 12.4. The number of aliphatic imine (C=N–C) groups is 1. The van der Waals surface area contributed by atoms with E-state index < -0.39 is 0 Å². The molecule has 1 atom stereocenters. The lowest BCUT2D eigenvalue weighted by Gasteiger charge is -2.18. The standard InChI is InChI=1S/C18H26N4OS.HI/c1-4-15-11-20-17(24-15)13-22-18(19-5-2)21-12-16(23-3)14-9-7-6-8-10-14;/h6-11,16H,4-5,12-13H2,1-3H3,(H2,19,21,22);1H. The molecule has 138 valence electrons. The van der Waals surface area contributed by atoms with Gasteiger partial charge in [0.15, 0.2) is 5.96 Å². The average molecular weight is 474 g/mol. The zero-order chi connectivity index (χ0) is 17.2. The molecular weight excluding hydrogens is 447 g/mol. The van der Waals surface area contributed by atoms with E-state index >= 15 is 0 Å². The van der Waals surface area contributed by atoms with Crippen LogP contribution < -0.4 is 10.6 Å². The van der Waals surface area contributed by atoms with E-state index in [0.29, 0.717) is 13.1 Å². The summed E-state index contributed by atoms with van der Waals surface area (Å²) < 4.78 is 5.59. The van der Waals surface area contributed by atoms with Gasteiger partial charge in [-0.3, -0.25) is 0 Å². The number of rotatable bonds is 8. The summed E-state index contributed by atoms with van der Waals surface area (Å²) in [5, 5.41) is 7.65. The van der Waals surface area contributed by atoms with Gasteiger partial charge < -0.3 is 15.4 Å². The molecule has 0 radical (unpaired) electrons. The van der Waals surface area contributed by atoms with Gasteiger partial charge in [0.25, 0.3) is 0 Å². The van der Waals surface area contributed by atoms with Crippen LogP contribution in [0, 0.1) is 0 Å². The number of halogens is 1. The lowest BCUT2D eigenvalue weighted by atomic mass is 10.1. The Kier molecular flexibility index (Phi) is 10.7. The minimum Gasteiger partial charge on any atom is -0.375 e. The Hall–Kier alpha value is -1.19. The predicted molar refractivity (Wildman–Crippen MR) is 116 cm³/mol. The predicted octanol–water partition coefficient (Wildman–Crippen LogP) is 3.77. The Morgan fingerprint density at radius 1 is 1.24 bits per heavy atom. The number of thiazole rings is 1. The molecule has 5 nitrogen and oxygen atoms in total. The summed E-state index contributed by atoms with van der Waals surface area (Å²) >= 11 is 1.72. The number of aromatic nitrogens is 1. The Balaban J connectivity index is 0.00000312. The van der Waals surface area contributed by atoms with Gasteiger partial charge in [-0.2, -0.15) is 0 Å². The maximum atomic E-state index is 5.59. The lowest BCUT2D eigenvalue weighted by Crippen LogP contribution is -2.39. The third-order valence-electron chi connectivity index (χ3n) is 3.58. The van der Waals surface area contributed by atoms with Gasteiger partial charge in [-0.05, 0) is 18.9 Å². The fourth-order valence-corrected chi connectivity index (χ4v) is 3.05. The molecule has 25 heavy (non-hydrogen) atoms. The van der Waals surface area contributed by atoms with E-state index in [2.05, 4.69) is 46.6 Å². The Labute approximate surface area is 171 Å². The average Bonchev–Trinajstić information content (AvgIpc) is 3.09. The van der Waals surface area contributed by atoms with Crippen molar-refractivity contribution in [3.05, 3.63) is 52.0 Å². The van der Waals surface area contributed by atoms with Crippen LogP contribution >= 0.6 is 35.3 Å². The number of guanidine groups is 1. The Morgan fingerprint density at radius 2 is 2.00 bits per heavy atom. The molecule has 7 heteroatoms. The summed E-state index contributed by atoms with van der Waals surface area (Å²) in [6.07, 6.45) is 2.94. The van der Waals surface area contributed by atoms with Crippen molar-refractivity contribution in [3.63, 3.8) is 0 Å². The number of ether oxygens (including phenoxy) is 1. The van der Waals surface area contributed by atoms with Crippen LogP contribution in [0.1, 0.15) is 35.4 Å². The van der Waals surface area contributed by atoms with E-state index in [1.54, 1.807) is 18.4 Å². The zero-order valence-corrected chi connectivity index (χ0v) is 18.1. The topological polar surface area (TPSA) is 58.5 Å². The molecule has 2 N–H and O–H groups in total. The van der Waals surface area contributed by atoms with Crippen LogP contribution in [0.4, 0.5) is 0 Å². The number of hydrogen-bond donors (Lipinski definition) is 2. The number of aryl methyl sites for hydroxylation is 1. The highest BCUT2D eigenvalue weighted by molar-refractivity contribution is 14.0. The van der Waals surface area contributed by atoms with Gasteiger partial charge in [0.05, 0.1) is 12.6 Å². The van der Waals surface area contributed by atoms with Crippen molar-refractivity contribution in [1.29, 1.82) is 0 Å². The van der Waals surface area contributed by atoms with Gasteiger partial charge in [0, 0.05) is 31.3 Å². The Bertz CT molecular complexity index is 633. The molecule has 0 aliphatic carbocycles. The summed E-state index contributed by atoms with van der Waals surface area (Å²) in [4.78, 5) is 10.3. The molecule has 0 amide bonds. The van der Waals surface area contributed by atoms with E-state index in [1.165, 1.54) is 4.88 Å². The molecule has 1 aromatic carbocycles. The molecule has 0 spiro atoms. The van der Waals surface area contributed by atoms with Crippen molar-refractivity contribution in [1.82, 2.24) is 15.6 Å². The fraction of sp³-hybridized carbons (Fsp3) is 0.444. The number of nitrogens with zero attached hydrogens (tertiary/aromatic N) is 2. The van der Waals surface area contributed by atoms with Gasteiger partial charge in [-0.25, -0.2) is 9.98 Å². The minimum absolute atomic E-state index is 0. The highest BCUT2D eigenvalue weighted by Crippen LogP contribution is 2.15. The van der Waals surface area contributed by atoms with Crippen LogP contribution in [0.2, 0.25) is 0 Å². The van der Waals surface area contributed by atoms with Crippen molar-refractivity contribution in [2.45, 2.75) is 32.9 Å². The monoisotopic (exact) mass is 474 g/mol. The molecule has 1 aromatic heterocycles. The van der Waals surface area contributed by atoms with Crippen molar-refractivity contribution >= 4 is 41.3 Å². The van der Waals surface area contributed by atoms with E-state index in [4.69, 9.17) is 4.74 Å². The zero-order valence-electron chi connectivity index (χ0n) is 15.0. The Morgan fingerprint density at radius 3 is 2.60 bits per heavy atom. The molecule has 0 saturated carbocycles. The second-order valence-electron chi connectivity index (χ2n) is 5.28. The van der Waals surface area contributed by atoms with Crippen LogP contribution in [0.5, 0.6) is 0 Å². The van der Waals surface area contributed by atoms with Crippen LogP contribution in [-0.2, 0) is 17.7 Å². The molecule has 0 aliphatic rings. The van der Waals surface area contributed by atoms with Crippen LogP contribution in [-0.4, -0.2) is 31.1 Å². The largest absolute Gasteiger partial charge is 0.375 e. The first-order chi connectivity index (χ1) is 11.8. The van der Waals surface area contributed by atoms with Gasteiger partial charge in [0.1, 0.15) is 5.01 Å². The van der Waals surface area contributed by atoms with Crippen LogP contribution in [0.15, 0.2) is 41.5 Å². The first-order valence-corrected chi connectivity index (χ1v) is 9.12. The SMILES string of the molecule is CCNC(=NCc1ncc(CC)s1)NCC(OC)c1ccccc1.I. The second kappa shape index (κ2) is 12.2. The summed E-state index contributed by atoms with van der Waals surface area (Å²) in [5.41, 5.74) is 1.15. The number of benzene rings is 1. The highest BCUT2D eigenvalue weighted by Gasteiger charge is 2.10. The maximum absolute atomic E-state index is 5.59. The molecular formula is C18H27IN4OS. The van der Waals surface area contributed by atoms with Crippen molar-refractivity contribution in [2.24, 2.45) is 4.99 Å². The summed E-state index contributed by atoms with van der Waals surface area (Å²) in [5.74, 6) is 0.781. The number of nitrogens with one attached hydrogen (secondary N) is 2. The van der Waals surface area contributed by atoms with Gasteiger partial charge in [-0.15, -0.1) is 35.3 Å². The van der Waals surface area contributed by atoms with E-state index in [1.807, 2.05) is 24.4 Å². The van der Waals surface area contributed by atoms with Gasteiger partial charge in [-0.1, -0.05) is 37.3 Å². The first-order valence-electron chi connectivity index (χ1n) is 8.30. The molecule has 1 heterocycles. The first kappa shape index (κ1) is 21.9. The summed E-state index contributed by atoms with van der Waals surface area (Å²) in [6, 6.07) is 10.2. The maximum Gasteiger partial charge on any atom is 0.191 e. The molecule has 0 aliphatic heterocycles. The molecule has 0 fully saturated rings. The molecule has 2 aromatic rings. The minimum atomic E-state index is -0.0124. The molecule has 0 saturated heterocycles. The third-order valence-corrected chi connectivity index (χ3v) is 4.70. The van der Waals surface area contributed by atoms with Crippen LogP contribution in [0.25, 0.3) is 0 Å². The summed E-state index contributed by atoms with van der Waals surface area (Å²) in [6.45, 7) is 6.25. The quantitative estimate of drug-likeness (QED) is 0.348. The molecule has 2 rings (SSSR count). The second-order valence-corrected chi connectivity index (χ2v) is 6.48. The highest BCUT2D eigenvalue weighted by atomic mass is 127. The van der Waals surface area contributed by atoms with E-state index in [0.717, 1.165) is 29.5 Å². The van der Waals surface area contributed by atoms with Gasteiger partial charge in [0.2, 0.25) is 0 Å². The number of methoxy groups -OCH3 is 1. The summed E-state index contributed by atoms with van der Waals surface area (Å²) in [7, 11) is 1.73. The third kappa shape index (κ3) is 7.29. The van der Waals surface area contributed by atoms with E-state index in [9.17, 15) is 0 Å². The lowest BCUT2D eigenvalue weighted by molar-refractivity contribution is 0.106. The van der Waals surface area contributed by atoms with Crippen molar-refractivity contribution in [2.75, 3.05) is 20.2 Å². The van der Waals surface area contributed by atoms with E-state index in [-0.39, 0.29) is 30.1 Å². The molecule has 0 bridgehead atoms. The smallest absolute Gasteiger partial charge is 0.191 e. The van der Waals surface area contributed by atoms with Crippen LogP contribution in [0.3, 0.4) is 0 Å². The number of hydrogen-bond acceptors (Lipinski definition) is 4. The van der Waals surface area contributed by atoms with Crippen molar-refractivity contribution < 1.29 is 4.74 Å². The van der Waals surface area contributed by atoms with Gasteiger partial charge >= 0.3 is 0 Å². The molecule has 1 unspecified atom stereocenters.